The molecule has 2 heterocycles. The summed E-state index contributed by atoms with van der Waals surface area (Å²) in [4.78, 5) is 22.2. The molecule has 0 aliphatic carbocycles. The summed E-state index contributed by atoms with van der Waals surface area (Å²) in [5.74, 6) is 3.11. The molecule has 4 aromatic rings. The molecule has 1 aromatic heterocycles. The third-order valence-corrected chi connectivity index (χ3v) is 6.54. The molecule has 35 heavy (non-hydrogen) atoms. The Morgan fingerprint density at radius 3 is 2.51 bits per heavy atom. The number of rotatable bonds is 7. The van der Waals surface area contributed by atoms with E-state index in [0.29, 0.717) is 34.7 Å². The van der Waals surface area contributed by atoms with E-state index in [1.165, 1.54) is 11.8 Å². The summed E-state index contributed by atoms with van der Waals surface area (Å²) in [6.07, 6.45) is 0.577. The second kappa shape index (κ2) is 10.1. The van der Waals surface area contributed by atoms with E-state index in [2.05, 4.69) is 5.32 Å². The number of benzene rings is 3. The van der Waals surface area contributed by atoms with Crippen molar-refractivity contribution in [1.29, 1.82) is 0 Å². The summed E-state index contributed by atoms with van der Waals surface area (Å²) in [5.41, 5.74) is 3.40. The Bertz CT molecular complexity index is 1360. The summed E-state index contributed by atoms with van der Waals surface area (Å²) in [6.45, 7) is 0. The van der Waals surface area contributed by atoms with Crippen molar-refractivity contribution < 1.29 is 19.0 Å². The first-order valence-corrected chi connectivity index (χ1v) is 12.0. The van der Waals surface area contributed by atoms with Gasteiger partial charge in [0, 0.05) is 23.2 Å². The molecular weight excluding hydrogens is 462 g/mol. The SMILES string of the molecule is COc1ccc(-c2nc3c(c(SCC(=O)Nc4ccccc4)n2)Cc2cccc(OC)c2O3)cc1. The number of carbonyl (C=O) groups excluding carboxylic acids is 1. The minimum Gasteiger partial charge on any atom is -0.497 e. The van der Waals surface area contributed by atoms with Gasteiger partial charge >= 0.3 is 0 Å². The molecule has 0 saturated carbocycles. The first-order chi connectivity index (χ1) is 17.1. The van der Waals surface area contributed by atoms with E-state index < -0.39 is 0 Å². The molecule has 0 bridgehead atoms. The number of hydrogen-bond donors (Lipinski definition) is 1. The molecule has 0 radical (unpaired) electrons. The number of anilines is 1. The number of nitrogens with one attached hydrogen (secondary N) is 1. The van der Waals surface area contributed by atoms with Crippen molar-refractivity contribution in [3.8, 4) is 34.5 Å². The van der Waals surface area contributed by atoms with E-state index in [1.54, 1.807) is 14.2 Å². The lowest BCUT2D eigenvalue weighted by atomic mass is 10.0. The highest BCUT2D eigenvalue weighted by molar-refractivity contribution is 8.00. The number of carbonyl (C=O) groups is 1. The lowest BCUT2D eigenvalue weighted by Crippen LogP contribution is -2.15. The van der Waals surface area contributed by atoms with E-state index in [9.17, 15) is 4.79 Å². The number of fused-ring (bicyclic) bond motifs is 2. The minimum atomic E-state index is -0.113. The summed E-state index contributed by atoms with van der Waals surface area (Å²) in [5, 5.41) is 3.62. The highest BCUT2D eigenvalue weighted by Gasteiger charge is 2.26. The molecule has 1 aliphatic heterocycles. The van der Waals surface area contributed by atoms with E-state index in [-0.39, 0.29) is 11.7 Å². The fraction of sp³-hybridized carbons (Fsp3) is 0.148. The minimum absolute atomic E-state index is 0.113. The van der Waals surface area contributed by atoms with Gasteiger partial charge in [0.05, 0.1) is 25.5 Å². The van der Waals surface area contributed by atoms with Crippen LogP contribution in [0.15, 0.2) is 77.8 Å². The number of hydrogen-bond acceptors (Lipinski definition) is 7. The lowest BCUT2D eigenvalue weighted by molar-refractivity contribution is -0.113. The first kappa shape index (κ1) is 22.7. The van der Waals surface area contributed by atoms with Gasteiger partial charge in [-0.15, -0.1) is 0 Å². The molecule has 5 rings (SSSR count). The average Bonchev–Trinajstić information content (AvgIpc) is 2.90. The van der Waals surface area contributed by atoms with Crippen molar-refractivity contribution in [2.45, 2.75) is 11.4 Å². The van der Waals surface area contributed by atoms with Gasteiger partial charge in [0.15, 0.2) is 17.3 Å². The van der Waals surface area contributed by atoms with Crippen LogP contribution in [0.4, 0.5) is 5.69 Å². The maximum atomic E-state index is 12.6. The molecule has 1 amide bonds. The van der Waals surface area contributed by atoms with Gasteiger partial charge in [-0.05, 0) is 42.5 Å². The number of para-hydroxylation sites is 2. The number of nitrogens with zero attached hydrogens (tertiary/aromatic N) is 2. The fourth-order valence-electron chi connectivity index (χ4n) is 3.78. The van der Waals surface area contributed by atoms with Crippen molar-refractivity contribution in [3.63, 3.8) is 0 Å². The van der Waals surface area contributed by atoms with Crippen LogP contribution in [0.5, 0.6) is 23.1 Å². The fourth-order valence-corrected chi connectivity index (χ4v) is 4.61. The molecule has 0 spiro atoms. The predicted octanol–water partition coefficient (Wildman–Crippen LogP) is 5.59. The van der Waals surface area contributed by atoms with E-state index in [4.69, 9.17) is 24.2 Å². The van der Waals surface area contributed by atoms with Crippen LogP contribution >= 0.6 is 11.8 Å². The number of amides is 1. The largest absolute Gasteiger partial charge is 0.497 e. The van der Waals surface area contributed by atoms with Gasteiger partial charge in [-0.3, -0.25) is 4.79 Å². The molecule has 1 N–H and O–H groups in total. The molecular formula is C27H23N3O4S. The van der Waals surface area contributed by atoms with Crippen LogP contribution in [0.1, 0.15) is 11.1 Å². The second-order valence-electron chi connectivity index (χ2n) is 7.79. The molecule has 3 aromatic carbocycles. The zero-order valence-corrected chi connectivity index (χ0v) is 20.1. The van der Waals surface area contributed by atoms with Gasteiger partial charge in [-0.25, -0.2) is 4.98 Å². The lowest BCUT2D eigenvalue weighted by Gasteiger charge is -2.23. The molecule has 8 heteroatoms. The average molecular weight is 486 g/mol. The summed E-state index contributed by atoms with van der Waals surface area (Å²) in [6, 6.07) is 22.7. The Hall–Kier alpha value is -4.04. The Labute approximate surface area is 207 Å². The van der Waals surface area contributed by atoms with Crippen LogP contribution in [-0.2, 0) is 11.2 Å². The van der Waals surface area contributed by atoms with Crippen molar-refractivity contribution in [2.24, 2.45) is 0 Å². The Kier molecular flexibility index (Phi) is 6.54. The zero-order valence-electron chi connectivity index (χ0n) is 19.3. The van der Waals surface area contributed by atoms with Crippen LogP contribution in [0.25, 0.3) is 11.4 Å². The molecule has 0 fully saturated rings. The molecule has 7 nitrogen and oxygen atoms in total. The van der Waals surface area contributed by atoms with Gasteiger partial charge in [-0.1, -0.05) is 42.1 Å². The second-order valence-corrected chi connectivity index (χ2v) is 8.76. The topological polar surface area (TPSA) is 82.6 Å². The van der Waals surface area contributed by atoms with Crippen molar-refractivity contribution in [3.05, 3.63) is 83.9 Å². The van der Waals surface area contributed by atoms with Crippen LogP contribution in [0.2, 0.25) is 0 Å². The van der Waals surface area contributed by atoms with Crippen LogP contribution in [0, 0.1) is 0 Å². The number of thioether (sulfide) groups is 1. The standard InChI is InChI=1S/C27H23N3O4S/c1-32-20-13-11-17(12-14-20)25-29-26-21(15-18-7-6-10-22(33-2)24(18)34-26)27(30-25)35-16-23(31)28-19-8-4-3-5-9-19/h3-14H,15-16H2,1-2H3,(H,28,31). The zero-order chi connectivity index (χ0) is 24.2. The van der Waals surface area contributed by atoms with Gasteiger partial charge in [0.25, 0.3) is 0 Å². The normalized spacial score (nSPS) is 11.6. The van der Waals surface area contributed by atoms with Crippen LogP contribution < -0.4 is 19.5 Å². The van der Waals surface area contributed by atoms with E-state index in [0.717, 1.165) is 28.1 Å². The Balaban J connectivity index is 1.47. The Morgan fingerprint density at radius 2 is 1.77 bits per heavy atom. The number of methoxy groups -OCH3 is 2. The maximum Gasteiger partial charge on any atom is 0.234 e. The quantitative estimate of drug-likeness (QED) is 0.238. The molecule has 0 atom stereocenters. The monoisotopic (exact) mass is 485 g/mol. The Morgan fingerprint density at radius 1 is 0.971 bits per heavy atom. The molecule has 1 aliphatic rings. The van der Waals surface area contributed by atoms with Gasteiger partial charge in [-0.2, -0.15) is 4.98 Å². The number of ether oxygens (including phenoxy) is 3. The maximum absolute atomic E-state index is 12.6. The van der Waals surface area contributed by atoms with E-state index in [1.807, 2.05) is 72.8 Å². The van der Waals surface area contributed by atoms with Crippen LogP contribution in [-0.4, -0.2) is 35.8 Å². The molecule has 0 saturated heterocycles. The van der Waals surface area contributed by atoms with Gasteiger partial charge in [0.1, 0.15) is 10.8 Å². The number of aromatic nitrogens is 2. The van der Waals surface area contributed by atoms with Crippen LogP contribution in [0.3, 0.4) is 0 Å². The summed E-state index contributed by atoms with van der Waals surface area (Å²) >= 11 is 1.36. The molecule has 0 unspecified atom stereocenters. The highest BCUT2D eigenvalue weighted by atomic mass is 32.2. The van der Waals surface area contributed by atoms with Gasteiger partial charge in [0.2, 0.25) is 11.8 Å². The summed E-state index contributed by atoms with van der Waals surface area (Å²) < 4.78 is 17.0. The first-order valence-electron chi connectivity index (χ1n) is 11.0. The summed E-state index contributed by atoms with van der Waals surface area (Å²) in [7, 11) is 3.24. The smallest absolute Gasteiger partial charge is 0.234 e. The van der Waals surface area contributed by atoms with E-state index >= 15 is 0 Å². The third kappa shape index (κ3) is 4.93. The van der Waals surface area contributed by atoms with Crippen molar-refractivity contribution in [2.75, 3.05) is 25.3 Å². The molecule has 176 valence electrons. The van der Waals surface area contributed by atoms with Crippen molar-refractivity contribution in [1.82, 2.24) is 9.97 Å². The predicted molar refractivity (Wildman–Crippen MR) is 136 cm³/mol. The van der Waals surface area contributed by atoms with Crippen molar-refractivity contribution >= 4 is 23.4 Å². The highest BCUT2D eigenvalue weighted by Crippen LogP contribution is 2.44. The van der Waals surface area contributed by atoms with Gasteiger partial charge < -0.3 is 19.5 Å². The third-order valence-electron chi connectivity index (χ3n) is 5.52.